The van der Waals surface area contributed by atoms with Crippen LogP contribution >= 0.6 is 0 Å². The van der Waals surface area contributed by atoms with Crippen LogP contribution in [0.4, 0.5) is 8.78 Å². The third-order valence-corrected chi connectivity index (χ3v) is 7.58. The second kappa shape index (κ2) is 9.62. The summed E-state index contributed by atoms with van der Waals surface area (Å²) in [6, 6.07) is 2.92. The number of aromatic nitrogens is 1. The van der Waals surface area contributed by atoms with Crippen molar-refractivity contribution in [2.45, 2.75) is 51.0 Å². The summed E-state index contributed by atoms with van der Waals surface area (Å²) in [5.41, 5.74) is -1.51. The molecule has 1 saturated carbocycles. The number of pyridine rings is 1. The molecule has 9 nitrogen and oxygen atoms in total. The van der Waals surface area contributed by atoms with E-state index >= 15 is 0 Å². The van der Waals surface area contributed by atoms with Gasteiger partial charge in [0.15, 0.2) is 11.4 Å². The first kappa shape index (κ1) is 24.4. The van der Waals surface area contributed by atoms with Crippen molar-refractivity contribution in [3.05, 3.63) is 63.1 Å². The summed E-state index contributed by atoms with van der Waals surface area (Å²) in [7, 11) is 0. The zero-order chi connectivity index (χ0) is 25.6. The van der Waals surface area contributed by atoms with Gasteiger partial charge in [0, 0.05) is 43.5 Å². The Labute approximate surface area is 205 Å². The molecule has 1 aromatic carbocycles. The number of nitrogens with one attached hydrogen (secondary N) is 1. The van der Waals surface area contributed by atoms with Crippen molar-refractivity contribution in [1.82, 2.24) is 19.7 Å². The number of benzene rings is 1. The molecule has 2 aromatic rings. The van der Waals surface area contributed by atoms with E-state index in [1.54, 1.807) is 4.90 Å². The molecule has 3 N–H and O–H groups in total. The number of hydrogen-bond acceptors (Lipinski definition) is 6. The molecule has 11 heteroatoms. The van der Waals surface area contributed by atoms with E-state index in [0.29, 0.717) is 12.6 Å². The number of nitrogens with zero attached hydrogens (tertiary/aromatic N) is 3. The number of rotatable bonds is 5. The van der Waals surface area contributed by atoms with E-state index in [-0.39, 0.29) is 54.6 Å². The number of hydrogen-bond donors (Lipinski definition) is 3. The highest BCUT2D eigenvalue weighted by Crippen LogP contribution is 2.39. The molecule has 1 aliphatic carbocycles. The Kier molecular flexibility index (Phi) is 6.52. The standard InChI is InChI=1S/C25H28F2N4O5/c26-16-6-5-14(18(27)9-16)10-28-24(35)17-12-30-13-20-29(7-8-32)11-15-3-1-2-4-19(15)31(20)25(36)21(30)23(34)22(17)33/h5-6,9,12,15,19-20,32,34H,1-4,7-8,10-11,13H2,(H,28,35)/t15-,19-,20-/m0/s1. The number of amides is 2. The van der Waals surface area contributed by atoms with Crippen LogP contribution in [0.2, 0.25) is 0 Å². The predicted octanol–water partition coefficient (Wildman–Crippen LogP) is 1.41. The zero-order valence-electron chi connectivity index (χ0n) is 19.6. The second-order valence-electron chi connectivity index (χ2n) is 9.66. The minimum Gasteiger partial charge on any atom is -0.503 e. The first-order valence-electron chi connectivity index (χ1n) is 12.2. The maximum atomic E-state index is 13.9. The molecule has 192 valence electrons. The highest BCUT2D eigenvalue weighted by Gasteiger charge is 2.48. The molecule has 1 saturated heterocycles. The van der Waals surface area contributed by atoms with Crippen LogP contribution in [0.1, 0.15) is 52.1 Å². The van der Waals surface area contributed by atoms with Crippen LogP contribution in [0.25, 0.3) is 0 Å². The van der Waals surface area contributed by atoms with E-state index in [1.807, 2.05) is 4.90 Å². The van der Waals surface area contributed by atoms with Crippen molar-refractivity contribution >= 4 is 11.8 Å². The van der Waals surface area contributed by atoms with Gasteiger partial charge >= 0.3 is 0 Å². The number of halogens is 2. The van der Waals surface area contributed by atoms with E-state index in [2.05, 4.69) is 5.32 Å². The van der Waals surface area contributed by atoms with Crippen LogP contribution < -0.4 is 10.7 Å². The molecule has 5 rings (SSSR count). The summed E-state index contributed by atoms with van der Waals surface area (Å²) >= 11 is 0. The molecular formula is C25H28F2N4O5. The lowest BCUT2D eigenvalue weighted by atomic mass is 9.80. The van der Waals surface area contributed by atoms with Gasteiger partial charge < -0.3 is 25.0 Å². The largest absolute Gasteiger partial charge is 0.503 e. The average molecular weight is 503 g/mol. The third-order valence-electron chi connectivity index (χ3n) is 7.58. The Morgan fingerprint density at radius 3 is 2.67 bits per heavy atom. The van der Waals surface area contributed by atoms with Crippen molar-refractivity contribution in [2.24, 2.45) is 5.92 Å². The van der Waals surface area contributed by atoms with Crippen molar-refractivity contribution in [1.29, 1.82) is 0 Å². The fraction of sp³-hybridized carbons (Fsp3) is 0.480. The summed E-state index contributed by atoms with van der Waals surface area (Å²) in [5.74, 6) is -3.47. The zero-order valence-corrected chi connectivity index (χ0v) is 19.6. The smallest absolute Gasteiger partial charge is 0.276 e. The number of aromatic hydroxyl groups is 1. The molecular weight excluding hydrogens is 474 g/mol. The summed E-state index contributed by atoms with van der Waals surface area (Å²) < 4.78 is 28.5. The molecule has 3 heterocycles. The van der Waals surface area contributed by atoms with E-state index in [4.69, 9.17) is 0 Å². The lowest BCUT2D eigenvalue weighted by Crippen LogP contribution is -2.68. The summed E-state index contributed by atoms with van der Waals surface area (Å²) in [6.45, 7) is 0.944. The molecule has 0 unspecified atom stereocenters. The maximum absolute atomic E-state index is 13.9. The monoisotopic (exact) mass is 502 g/mol. The lowest BCUT2D eigenvalue weighted by Gasteiger charge is -2.55. The molecule has 3 aliphatic rings. The molecule has 0 spiro atoms. The minimum absolute atomic E-state index is 0.0111. The fourth-order valence-electron chi connectivity index (χ4n) is 5.86. The van der Waals surface area contributed by atoms with Crippen LogP contribution in [0.15, 0.2) is 29.2 Å². The summed E-state index contributed by atoms with van der Waals surface area (Å²) in [5, 5.41) is 22.8. The molecule has 2 fully saturated rings. The molecule has 36 heavy (non-hydrogen) atoms. The van der Waals surface area contributed by atoms with E-state index in [9.17, 15) is 33.4 Å². The van der Waals surface area contributed by atoms with Crippen molar-refractivity contribution < 1.29 is 28.6 Å². The molecule has 0 bridgehead atoms. The number of carbonyl (C=O) groups excluding carboxylic acids is 2. The Morgan fingerprint density at radius 1 is 1.14 bits per heavy atom. The first-order chi connectivity index (χ1) is 17.3. The predicted molar refractivity (Wildman–Crippen MR) is 124 cm³/mol. The minimum atomic E-state index is -0.991. The van der Waals surface area contributed by atoms with Gasteiger partial charge in [0.2, 0.25) is 5.43 Å². The van der Waals surface area contributed by atoms with Gasteiger partial charge in [-0.3, -0.25) is 19.3 Å². The van der Waals surface area contributed by atoms with Crippen molar-refractivity contribution in [2.75, 3.05) is 19.7 Å². The number of carbonyl (C=O) groups is 2. The summed E-state index contributed by atoms with van der Waals surface area (Å²) in [4.78, 5) is 43.1. The SMILES string of the molecule is O=C(NCc1ccc(F)cc1F)c1cn2c(c(O)c1=O)C(=O)N1[C@H]3CCCC[C@H]3CN(CCO)[C@@H]1C2. The molecule has 0 radical (unpaired) electrons. The van der Waals surface area contributed by atoms with E-state index in [0.717, 1.165) is 38.3 Å². The average Bonchev–Trinajstić information content (AvgIpc) is 2.85. The van der Waals surface area contributed by atoms with E-state index < -0.39 is 34.6 Å². The topological polar surface area (TPSA) is 115 Å². The van der Waals surface area contributed by atoms with Crippen LogP contribution in [-0.4, -0.2) is 68.3 Å². The van der Waals surface area contributed by atoms with Gasteiger partial charge in [-0.2, -0.15) is 0 Å². The summed E-state index contributed by atoms with van der Waals surface area (Å²) in [6.07, 6.45) is 4.73. The highest BCUT2D eigenvalue weighted by molar-refractivity contribution is 5.99. The van der Waals surface area contributed by atoms with Crippen LogP contribution in [0.3, 0.4) is 0 Å². The van der Waals surface area contributed by atoms with Gasteiger partial charge in [-0.15, -0.1) is 0 Å². The van der Waals surface area contributed by atoms with Crippen LogP contribution in [0, 0.1) is 17.6 Å². The van der Waals surface area contributed by atoms with Gasteiger partial charge in [0.1, 0.15) is 23.4 Å². The Hall–Kier alpha value is -3.31. The van der Waals surface area contributed by atoms with Crippen molar-refractivity contribution in [3.8, 4) is 5.75 Å². The van der Waals surface area contributed by atoms with Gasteiger partial charge in [0.05, 0.1) is 13.2 Å². The maximum Gasteiger partial charge on any atom is 0.276 e. The normalized spacial score (nSPS) is 23.6. The second-order valence-corrected chi connectivity index (χ2v) is 9.66. The molecule has 2 amide bonds. The lowest BCUT2D eigenvalue weighted by molar-refractivity contribution is -0.0773. The quantitative estimate of drug-likeness (QED) is 0.570. The van der Waals surface area contributed by atoms with Crippen LogP contribution in [0.5, 0.6) is 5.75 Å². The molecule has 2 aliphatic heterocycles. The van der Waals surface area contributed by atoms with Gasteiger partial charge in [-0.1, -0.05) is 18.9 Å². The molecule has 1 aromatic heterocycles. The number of fused-ring (bicyclic) bond motifs is 4. The van der Waals surface area contributed by atoms with Crippen LogP contribution in [-0.2, 0) is 13.1 Å². The van der Waals surface area contributed by atoms with Gasteiger partial charge in [0.25, 0.3) is 11.8 Å². The molecule has 3 atom stereocenters. The van der Waals surface area contributed by atoms with E-state index in [1.165, 1.54) is 16.8 Å². The number of β-amino-alcohol motifs (C(OH)–C–C–N with tert-alkyl or cyclic N) is 1. The Bertz CT molecular complexity index is 1270. The van der Waals surface area contributed by atoms with Gasteiger partial charge in [-0.25, -0.2) is 8.78 Å². The van der Waals surface area contributed by atoms with Gasteiger partial charge in [-0.05, 0) is 24.8 Å². The number of aliphatic hydroxyl groups excluding tert-OH is 1. The Balaban J connectivity index is 1.46. The first-order valence-corrected chi connectivity index (χ1v) is 12.2. The highest BCUT2D eigenvalue weighted by atomic mass is 19.1. The Morgan fingerprint density at radius 2 is 1.92 bits per heavy atom. The third kappa shape index (κ3) is 4.16. The number of aliphatic hydroxyl groups is 1. The van der Waals surface area contributed by atoms with Crippen molar-refractivity contribution in [3.63, 3.8) is 0 Å². The fourth-order valence-corrected chi connectivity index (χ4v) is 5.86.